The number of aromatic nitrogens is 5. The maximum Gasteiger partial charge on any atom is 0.187 e. The zero-order chi connectivity index (χ0) is 49.7. The normalized spacial score (nSPS) is 11.2. The van der Waals surface area contributed by atoms with Crippen LogP contribution in [0.25, 0.3) is 127 Å². The Kier molecular flexibility index (Phi) is 10.5. The van der Waals surface area contributed by atoms with Crippen LogP contribution in [0.5, 0.6) is 0 Å². The molecule has 13 rings (SSSR count). The monoisotopic (exact) mass is 942 g/mol. The molecule has 0 bridgehead atoms. The van der Waals surface area contributed by atoms with Gasteiger partial charge >= 0.3 is 0 Å². The lowest BCUT2D eigenvalue weighted by atomic mass is 9.95. The van der Waals surface area contributed by atoms with Gasteiger partial charge in [-0.1, -0.05) is 146 Å². The summed E-state index contributed by atoms with van der Waals surface area (Å²) in [6, 6.07) is 81.9. The standard InChI is InChI=1S/C66H38N8/c1-69-48-20-15-19-44(37-48)57-39-46(33-35-63(57)74-60-30-12-8-25-53(60)54-26-9-13-31-61(54)74)65-70-64(71-66(72-65)55-27-5-4-22-50(55)49-21-3-2-17-47(49)41-68)45-32-34-62(56(38-45)43-18-14-16-42(36-43)40-67)73-58-28-10-6-23-51(58)52-24-7-11-29-59(52)73/h2-39H. The van der Waals surface area contributed by atoms with Crippen LogP contribution >= 0.6 is 0 Å². The van der Waals surface area contributed by atoms with Crippen LogP contribution in [0, 0.1) is 29.2 Å². The summed E-state index contributed by atoms with van der Waals surface area (Å²) in [7, 11) is 0. The van der Waals surface area contributed by atoms with Crippen LogP contribution in [-0.2, 0) is 0 Å². The zero-order valence-electron chi connectivity index (χ0n) is 39.5. The van der Waals surface area contributed by atoms with Gasteiger partial charge in [0.2, 0.25) is 0 Å². The van der Waals surface area contributed by atoms with Gasteiger partial charge in [0.15, 0.2) is 23.2 Å². The molecule has 0 N–H and O–H groups in total. The Hall–Kier alpha value is -10.7. The molecule has 0 aliphatic carbocycles. The summed E-state index contributed by atoms with van der Waals surface area (Å²) in [5.74, 6) is 1.29. The van der Waals surface area contributed by atoms with Crippen molar-refractivity contribution in [2.45, 2.75) is 0 Å². The number of para-hydroxylation sites is 4. The highest BCUT2D eigenvalue weighted by Crippen LogP contribution is 2.42. The third-order valence-electron chi connectivity index (χ3n) is 13.9. The van der Waals surface area contributed by atoms with Crippen molar-refractivity contribution in [2.75, 3.05) is 0 Å². The van der Waals surface area contributed by atoms with Crippen molar-refractivity contribution >= 4 is 49.3 Å². The maximum absolute atomic E-state index is 10.3. The second kappa shape index (κ2) is 17.9. The van der Waals surface area contributed by atoms with Crippen molar-refractivity contribution in [3.05, 3.63) is 253 Å². The van der Waals surface area contributed by atoms with E-state index in [9.17, 15) is 10.5 Å². The van der Waals surface area contributed by atoms with Crippen molar-refractivity contribution < 1.29 is 0 Å². The van der Waals surface area contributed by atoms with E-state index in [0.717, 1.165) is 105 Å². The van der Waals surface area contributed by atoms with Gasteiger partial charge < -0.3 is 9.13 Å². The molecule has 342 valence electrons. The van der Waals surface area contributed by atoms with E-state index in [-0.39, 0.29) is 0 Å². The van der Waals surface area contributed by atoms with Crippen LogP contribution in [0.4, 0.5) is 5.69 Å². The van der Waals surface area contributed by atoms with Gasteiger partial charge in [0.1, 0.15) is 0 Å². The molecule has 0 aliphatic rings. The van der Waals surface area contributed by atoms with Gasteiger partial charge in [-0.3, -0.25) is 0 Å². The second-order valence-electron chi connectivity index (χ2n) is 18.1. The Balaban J connectivity index is 1.08. The number of hydrogen-bond donors (Lipinski definition) is 0. The molecule has 0 fully saturated rings. The Bertz CT molecular complexity index is 4210. The molecule has 8 heteroatoms. The van der Waals surface area contributed by atoms with Crippen molar-refractivity contribution in [1.82, 2.24) is 24.1 Å². The number of fused-ring (bicyclic) bond motifs is 6. The fourth-order valence-corrected chi connectivity index (χ4v) is 10.5. The molecule has 74 heavy (non-hydrogen) atoms. The smallest absolute Gasteiger partial charge is 0.187 e. The van der Waals surface area contributed by atoms with Gasteiger partial charge in [-0.2, -0.15) is 10.5 Å². The lowest BCUT2D eigenvalue weighted by Crippen LogP contribution is -2.03. The van der Waals surface area contributed by atoms with Crippen molar-refractivity contribution in [2.24, 2.45) is 0 Å². The Labute approximate surface area is 426 Å². The van der Waals surface area contributed by atoms with E-state index >= 15 is 0 Å². The lowest BCUT2D eigenvalue weighted by molar-refractivity contribution is 1.07. The minimum Gasteiger partial charge on any atom is -0.309 e. The molecule has 0 saturated carbocycles. The van der Waals surface area contributed by atoms with Crippen molar-refractivity contribution in [3.63, 3.8) is 0 Å². The number of rotatable bonds is 8. The number of hydrogen-bond acceptors (Lipinski definition) is 5. The van der Waals surface area contributed by atoms with Gasteiger partial charge in [0, 0.05) is 54.9 Å². The molecule has 0 atom stereocenters. The highest BCUT2D eigenvalue weighted by atomic mass is 15.0. The largest absolute Gasteiger partial charge is 0.309 e. The van der Waals surface area contributed by atoms with E-state index in [0.29, 0.717) is 34.3 Å². The minimum atomic E-state index is 0.427. The van der Waals surface area contributed by atoms with E-state index in [2.05, 4.69) is 160 Å². The van der Waals surface area contributed by atoms with Gasteiger partial charge in [-0.05, 0) is 102 Å². The Morgan fingerprint density at radius 2 is 0.797 bits per heavy atom. The molecule has 0 saturated heterocycles. The van der Waals surface area contributed by atoms with E-state index in [1.54, 1.807) is 0 Å². The predicted molar refractivity (Wildman–Crippen MR) is 297 cm³/mol. The quantitative estimate of drug-likeness (QED) is 0.141. The fraction of sp³-hybridized carbons (Fsp3) is 0. The van der Waals surface area contributed by atoms with Crippen molar-refractivity contribution in [3.8, 4) is 91.1 Å². The average Bonchev–Trinajstić information content (AvgIpc) is 4.00. The molecule has 13 aromatic rings. The lowest BCUT2D eigenvalue weighted by Gasteiger charge is -2.18. The number of nitrogens with zero attached hydrogens (tertiary/aromatic N) is 8. The minimum absolute atomic E-state index is 0.427. The summed E-state index contributed by atoms with van der Waals surface area (Å²) < 4.78 is 4.59. The maximum atomic E-state index is 10.3. The molecular formula is C66H38N8. The van der Waals surface area contributed by atoms with Crippen LogP contribution in [0.1, 0.15) is 11.1 Å². The van der Waals surface area contributed by atoms with E-state index in [1.165, 1.54) is 0 Å². The molecule has 0 radical (unpaired) electrons. The first-order valence-corrected chi connectivity index (χ1v) is 24.2. The number of nitriles is 2. The van der Waals surface area contributed by atoms with Gasteiger partial charge in [-0.25, -0.2) is 19.8 Å². The van der Waals surface area contributed by atoms with Crippen LogP contribution in [0.15, 0.2) is 231 Å². The molecule has 3 heterocycles. The molecule has 0 spiro atoms. The highest BCUT2D eigenvalue weighted by molar-refractivity contribution is 6.11. The Morgan fingerprint density at radius 3 is 1.31 bits per heavy atom. The van der Waals surface area contributed by atoms with E-state index < -0.39 is 0 Å². The third-order valence-corrected chi connectivity index (χ3v) is 13.9. The summed E-state index contributed by atoms with van der Waals surface area (Å²) in [6.07, 6.45) is 0. The van der Waals surface area contributed by atoms with Gasteiger partial charge in [0.05, 0.1) is 63.3 Å². The predicted octanol–water partition coefficient (Wildman–Crippen LogP) is 16.4. The van der Waals surface area contributed by atoms with Crippen LogP contribution in [0.3, 0.4) is 0 Å². The Morgan fingerprint density at radius 1 is 0.351 bits per heavy atom. The van der Waals surface area contributed by atoms with Crippen molar-refractivity contribution in [1.29, 1.82) is 10.5 Å². The first kappa shape index (κ1) is 43.3. The molecule has 0 aliphatic heterocycles. The van der Waals surface area contributed by atoms with Gasteiger partial charge in [0.25, 0.3) is 0 Å². The fourth-order valence-electron chi connectivity index (χ4n) is 10.5. The summed E-state index contributed by atoms with van der Waals surface area (Å²) in [5, 5.41) is 25.0. The summed E-state index contributed by atoms with van der Waals surface area (Å²) in [6.45, 7) is 7.98. The molecule has 3 aromatic heterocycles. The molecule has 10 aromatic carbocycles. The van der Waals surface area contributed by atoms with Gasteiger partial charge in [-0.15, -0.1) is 0 Å². The molecule has 8 nitrogen and oxygen atoms in total. The topological polar surface area (TPSA) is 100 Å². The van der Waals surface area contributed by atoms with Crippen LogP contribution < -0.4 is 0 Å². The average molecular weight is 943 g/mol. The second-order valence-corrected chi connectivity index (χ2v) is 18.1. The van der Waals surface area contributed by atoms with Crippen LogP contribution in [0.2, 0.25) is 0 Å². The molecule has 0 amide bonds. The first-order chi connectivity index (χ1) is 36.6. The third kappa shape index (κ3) is 7.25. The SMILES string of the molecule is [C-]#[N+]c1cccc(-c2cc(-c3nc(-c4ccc(-n5c6ccccc6c6ccccc65)c(-c5cccc(C#N)c5)c4)nc(-c4ccccc4-c4ccccc4C#N)n3)ccc2-n2c3ccccc3c3ccccc32)c1. The summed E-state index contributed by atoms with van der Waals surface area (Å²) in [5.41, 5.74) is 15.0. The number of benzene rings is 10. The highest BCUT2D eigenvalue weighted by Gasteiger charge is 2.23. The van der Waals surface area contributed by atoms with Crippen LogP contribution in [-0.4, -0.2) is 24.1 Å². The molecule has 0 unspecified atom stereocenters. The zero-order valence-corrected chi connectivity index (χ0v) is 39.5. The van der Waals surface area contributed by atoms with E-state index in [4.69, 9.17) is 21.5 Å². The molecular weight excluding hydrogens is 905 g/mol. The summed E-state index contributed by atoms with van der Waals surface area (Å²) in [4.78, 5) is 19.9. The van der Waals surface area contributed by atoms with E-state index in [1.807, 2.05) is 97.1 Å². The first-order valence-electron chi connectivity index (χ1n) is 24.2. The summed E-state index contributed by atoms with van der Waals surface area (Å²) >= 11 is 0.